The van der Waals surface area contributed by atoms with Crippen LogP contribution in [0, 0.1) is 6.92 Å². The van der Waals surface area contributed by atoms with Gasteiger partial charge in [-0.15, -0.1) is 0 Å². The van der Waals surface area contributed by atoms with Crippen molar-refractivity contribution in [2.45, 2.75) is 13.1 Å². The molecule has 0 radical (unpaired) electrons. The van der Waals surface area contributed by atoms with Gasteiger partial charge in [0.25, 0.3) is 4.88 Å². The van der Waals surface area contributed by atoms with Crippen LogP contribution in [-0.4, -0.2) is 0 Å². The second kappa shape index (κ2) is 2.52. The number of thiophene rings is 1. The maximum atomic E-state index is 12.1. The van der Waals surface area contributed by atoms with Crippen molar-refractivity contribution in [1.82, 2.24) is 0 Å². The summed E-state index contributed by atoms with van der Waals surface area (Å²) in [6, 6.07) is 2.70. The van der Waals surface area contributed by atoms with Crippen LogP contribution >= 0.6 is 10.5 Å². The lowest BCUT2D eigenvalue weighted by atomic mass is 10.4. The van der Waals surface area contributed by atoms with E-state index in [1.165, 1.54) is 12.1 Å². The van der Waals surface area contributed by atoms with Gasteiger partial charge in [-0.05, 0) is 16.5 Å². The molecule has 0 aromatic carbocycles. The van der Waals surface area contributed by atoms with Crippen LogP contribution in [0.4, 0.5) is 13.2 Å². The third kappa shape index (κ3) is 1.56. The SMILES string of the molecule is Cc1ccc(C(F)(F)F)[s+]1C. The summed E-state index contributed by atoms with van der Waals surface area (Å²) >= 11 is 0. The lowest BCUT2D eigenvalue weighted by molar-refractivity contribution is -0.134. The molecule has 0 saturated heterocycles. The molecule has 0 saturated carbocycles. The molecule has 1 rings (SSSR count). The molecule has 0 spiro atoms. The predicted octanol–water partition coefficient (Wildman–Crippen LogP) is 3.30. The Labute approximate surface area is 65.6 Å². The van der Waals surface area contributed by atoms with Gasteiger partial charge in [0.15, 0.2) is 0 Å². The minimum absolute atomic E-state index is 0.407. The number of halogens is 3. The Hall–Kier alpha value is -0.510. The van der Waals surface area contributed by atoms with Crippen molar-refractivity contribution in [3.05, 3.63) is 21.9 Å². The molecule has 11 heavy (non-hydrogen) atoms. The molecule has 1 heterocycles. The summed E-state index contributed by atoms with van der Waals surface area (Å²) in [6.07, 6.45) is -2.55. The van der Waals surface area contributed by atoms with Crippen molar-refractivity contribution in [3.63, 3.8) is 0 Å². The molecule has 1 atom stereocenters. The molecule has 0 fully saturated rings. The van der Waals surface area contributed by atoms with Crippen molar-refractivity contribution in [1.29, 1.82) is 0 Å². The highest BCUT2D eigenvalue weighted by Gasteiger charge is 2.40. The second-order valence-electron chi connectivity index (χ2n) is 2.32. The Morgan fingerprint density at radius 1 is 1.27 bits per heavy atom. The van der Waals surface area contributed by atoms with Gasteiger partial charge in [-0.25, -0.2) is 0 Å². The van der Waals surface area contributed by atoms with E-state index < -0.39 is 21.5 Å². The van der Waals surface area contributed by atoms with Crippen LogP contribution in [0.3, 0.4) is 0 Å². The Bertz CT molecular complexity index is 259. The van der Waals surface area contributed by atoms with Crippen LogP contribution in [0.15, 0.2) is 12.1 Å². The van der Waals surface area contributed by atoms with Crippen LogP contribution in [0.25, 0.3) is 0 Å². The predicted molar refractivity (Wildman–Crippen MR) is 39.6 cm³/mol. The summed E-state index contributed by atoms with van der Waals surface area (Å²) in [5.74, 6) is 0. The second-order valence-corrected chi connectivity index (χ2v) is 4.42. The van der Waals surface area contributed by atoms with Gasteiger partial charge in [-0.2, -0.15) is 13.2 Å². The van der Waals surface area contributed by atoms with E-state index >= 15 is 0 Å². The highest BCUT2D eigenvalue weighted by molar-refractivity contribution is 7.29. The van der Waals surface area contributed by atoms with Gasteiger partial charge >= 0.3 is 6.18 Å². The van der Waals surface area contributed by atoms with Crippen molar-refractivity contribution in [2.75, 3.05) is 0 Å². The lowest BCUT2D eigenvalue weighted by Crippen LogP contribution is -2.02. The van der Waals surface area contributed by atoms with E-state index in [1.54, 1.807) is 13.2 Å². The zero-order valence-corrected chi connectivity index (χ0v) is 7.01. The Balaban J connectivity index is 3.15. The maximum absolute atomic E-state index is 12.1. The van der Waals surface area contributed by atoms with Crippen LogP contribution < -0.4 is 0 Å². The molecule has 0 aliphatic rings. The number of hydrogen-bond acceptors (Lipinski definition) is 0. The minimum atomic E-state index is -4.15. The highest BCUT2D eigenvalue weighted by Crippen LogP contribution is 2.39. The van der Waals surface area contributed by atoms with Crippen LogP contribution in [0.5, 0.6) is 0 Å². The molecule has 62 valence electrons. The first-order chi connectivity index (χ1) is 4.93. The summed E-state index contributed by atoms with van der Waals surface area (Å²) in [6.45, 7) is 1.72. The highest BCUT2D eigenvalue weighted by atomic mass is 32.2. The molecule has 0 N–H and O–H groups in total. The number of alkyl halides is 3. The molecule has 1 aromatic heterocycles. The summed E-state index contributed by atoms with van der Waals surface area (Å²) < 4.78 is 36.3. The Morgan fingerprint density at radius 2 is 1.82 bits per heavy atom. The quantitative estimate of drug-likeness (QED) is 0.539. The van der Waals surface area contributed by atoms with Crippen LogP contribution in [0.2, 0.25) is 0 Å². The molecular formula is C7H8F3S+. The van der Waals surface area contributed by atoms with E-state index in [4.69, 9.17) is 0 Å². The van der Waals surface area contributed by atoms with Gasteiger partial charge in [0.1, 0.15) is 11.1 Å². The molecule has 4 heteroatoms. The van der Waals surface area contributed by atoms with Gasteiger partial charge in [-0.1, -0.05) is 0 Å². The van der Waals surface area contributed by atoms with Crippen molar-refractivity contribution >= 4 is 10.5 Å². The Kier molecular flexibility index (Phi) is 1.96. The standard InChI is InChI=1S/C7H8F3S/c1-5-3-4-6(11(5)2)7(8,9)10/h3-4H,1-2H3/q+1. The number of rotatable bonds is 0. The van der Waals surface area contributed by atoms with Crippen LogP contribution in [-0.2, 0) is 12.4 Å². The van der Waals surface area contributed by atoms with Crippen molar-refractivity contribution in [2.24, 2.45) is 6.26 Å². The van der Waals surface area contributed by atoms with E-state index in [0.29, 0.717) is 0 Å². The fraction of sp³-hybridized carbons (Fsp3) is 0.429. The van der Waals surface area contributed by atoms with E-state index in [0.717, 1.165) is 4.88 Å². The van der Waals surface area contributed by atoms with Gasteiger partial charge < -0.3 is 0 Å². The molecule has 0 aliphatic heterocycles. The van der Waals surface area contributed by atoms with Crippen molar-refractivity contribution in [3.8, 4) is 0 Å². The third-order valence-electron chi connectivity index (χ3n) is 1.56. The lowest BCUT2D eigenvalue weighted by Gasteiger charge is -1.97. The van der Waals surface area contributed by atoms with Gasteiger partial charge in [-0.3, -0.25) is 0 Å². The molecular weight excluding hydrogens is 173 g/mol. The summed E-state index contributed by atoms with van der Waals surface area (Å²) in [7, 11) is -0.728. The zero-order valence-electron chi connectivity index (χ0n) is 6.20. The molecule has 0 bridgehead atoms. The number of hydrogen-bond donors (Lipinski definition) is 0. The van der Waals surface area contributed by atoms with E-state index in [-0.39, 0.29) is 0 Å². The van der Waals surface area contributed by atoms with Gasteiger partial charge in [0.05, 0.1) is 0 Å². The average molecular weight is 181 g/mol. The van der Waals surface area contributed by atoms with Crippen LogP contribution in [0.1, 0.15) is 9.75 Å². The van der Waals surface area contributed by atoms with Crippen molar-refractivity contribution < 1.29 is 13.2 Å². The molecule has 0 amide bonds. The molecule has 0 nitrogen and oxygen atoms in total. The fourth-order valence-corrected chi connectivity index (χ4v) is 2.08. The van der Waals surface area contributed by atoms with E-state index in [1.807, 2.05) is 0 Å². The molecule has 1 aromatic rings. The summed E-state index contributed by atoms with van der Waals surface area (Å²) in [5.41, 5.74) is 0. The topological polar surface area (TPSA) is 0 Å². The number of aryl methyl sites for hydroxylation is 1. The minimum Gasteiger partial charge on any atom is -0.162 e. The first kappa shape index (κ1) is 8.59. The smallest absolute Gasteiger partial charge is 0.162 e. The maximum Gasteiger partial charge on any atom is 0.465 e. The monoisotopic (exact) mass is 181 g/mol. The zero-order chi connectivity index (χ0) is 8.65. The largest absolute Gasteiger partial charge is 0.465 e. The first-order valence-electron chi connectivity index (χ1n) is 3.04. The first-order valence-corrected chi connectivity index (χ1v) is 4.68. The fourth-order valence-electron chi connectivity index (χ4n) is 0.839. The summed E-state index contributed by atoms with van der Waals surface area (Å²) in [4.78, 5) is 0.396. The van der Waals surface area contributed by atoms with E-state index in [2.05, 4.69) is 0 Å². The third-order valence-corrected chi connectivity index (χ3v) is 3.69. The molecule has 1 unspecified atom stereocenters. The van der Waals surface area contributed by atoms with Gasteiger partial charge in [0, 0.05) is 13.0 Å². The van der Waals surface area contributed by atoms with E-state index in [9.17, 15) is 13.2 Å². The summed E-state index contributed by atoms with van der Waals surface area (Å²) in [5, 5.41) is 0. The van der Waals surface area contributed by atoms with Gasteiger partial charge in [0.2, 0.25) is 0 Å². The Morgan fingerprint density at radius 3 is 2.00 bits per heavy atom. The molecule has 0 aliphatic carbocycles. The normalized spacial score (nSPS) is 13.7. The average Bonchev–Trinajstić information content (AvgIpc) is 2.11.